The van der Waals surface area contributed by atoms with Crippen LogP contribution >= 0.6 is 0 Å². The van der Waals surface area contributed by atoms with Crippen LogP contribution in [-0.2, 0) is 16.2 Å². The second-order valence-corrected chi connectivity index (χ2v) is 18.1. The summed E-state index contributed by atoms with van der Waals surface area (Å²) >= 11 is 0. The van der Waals surface area contributed by atoms with Crippen molar-refractivity contribution in [3.63, 3.8) is 0 Å². The molecule has 0 aliphatic carbocycles. The van der Waals surface area contributed by atoms with E-state index >= 15 is 0 Å². The van der Waals surface area contributed by atoms with E-state index in [4.69, 9.17) is 22.3 Å². The highest BCUT2D eigenvalue weighted by atomic mass is 16.3. The SMILES string of the molecule is [2H]C([2H])([2H])C(c1ccc(-c2ccnc(-c3cc(-c4cccc5c4nc(-c4cc(C)cc(C)c4O)n5-c4ccc(-c5ccccc5)c(C(C)(C)C)c4)cc(C(C)(C)C)c3)c2)cc1)(C([2H])([2H])[2H])C([2H])([2H])[2H]. The maximum Gasteiger partial charge on any atom is 0.149 e. The van der Waals surface area contributed by atoms with Gasteiger partial charge in [0.2, 0.25) is 0 Å². The normalized spacial score (nSPS) is 15.2. The number of aryl methyl sites for hydroxylation is 2. The Morgan fingerprint density at radius 1 is 0.550 bits per heavy atom. The van der Waals surface area contributed by atoms with E-state index in [2.05, 4.69) is 119 Å². The third-order valence-corrected chi connectivity index (χ3v) is 11.3. The summed E-state index contributed by atoms with van der Waals surface area (Å²) in [6, 6.07) is 42.9. The number of phenolic OH excluding ortho intramolecular Hbond substituents is 1. The summed E-state index contributed by atoms with van der Waals surface area (Å²) in [6.45, 7) is 6.96. The largest absolute Gasteiger partial charge is 0.507 e. The Labute approximate surface area is 369 Å². The number of pyridine rings is 1. The average molecular weight is 797 g/mol. The first-order valence-corrected chi connectivity index (χ1v) is 20.4. The van der Waals surface area contributed by atoms with Crippen LogP contribution in [0.5, 0.6) is 5.75 Å². The van der Waals surface area contributed by atoms with Crippen LogP contribution in [0.2, 0.25) is 0 Å². The lowest BCUT2D eigenvalue weighted by Crippen LogP contribution is -2.14. The number of fused-ring (bicyclic) bond motifs is 1. The summed E-state index contributed by atoms with van der Waals surface area (Å²) in [7, 11) is 0. The number of rotatable bonds is 6. The van der Waals surface area contributed by atoms with Gasteiger partial charge in [-0.25, -0.2) is 4.98 Å². The highest BCUT2D eigenvalue weighted by molar-refractivity contribution is 5.97. The van der Waals surface area contributed by atoms with E-state index in [-0.39, 0.29) is 22.1 Å². The minimum atomic E-state index is -3.36. The van der Waals surface area contributed by atoms with Crippen molar-refractivity contribution >= 4 is 11.0 Å². The number of imidazole rings is 1. The predicted molar refractivity (Wildman–Crippen MR) is 253 cm³/mol. The molecule has 302 valence electrons. The Balaban J connectivity index is 1.31. The van der Waals surface area contributed by atoms with E-state index in [0.29, 0.717) is 28.2 Å². The number of aromatic hydroxyl groups is 1. The van der Waals surface area contributed by atoms with Gasteiger partial charge in [-0.1, -0.05) is 147 Å². The minimum absolute atomic E-state index is 0.166. The third-order valence-electron chi connectivity index (χ3n) is 11.3. The van der Waals surface area contributed by atoms with Gasteiger partial charge >= 0.3 is 0 Å². The molecular weight excluding hydrogens is 731 g/mol. The number of benzene rings is 6. The molecule has 4 nitrogen and oxygen atoms in total. The highest BCUT2D eigenvalue weighted by Crippen LogP contribution is 2.43. The second-order valence-electron chi connectivity index (χ2n) is 18.1. The first-order valence-electron chi connectivity index (χ1n) is 24.9. The first kappa shape index (κ1) is 30.7. The van der Waals surface area contributed by atoms with Gasteiger partial charge < -0.3 is 5.11 Å². The van der Waals surface area contributed by atoms with E-state index in [0.717, 1.165) is 61.2 Å². The number of para-hydroxylation sites is 1. The number of aromatic nitrogens is 3. The van der Waals surface area contributed by atoms with Crippen LogP contribution in [0.15, 0.2) is 140 Å². The standard InChI is InChI=1S/C56H57N3O/c1-35-28-36(2)52(60)47(29-35)53-58-51-46(18-15-19-50(51)59(53)44-24-25-45(38-16-13-12-14-17-38)48(34-44)56(9,10)11)40-30-41(32-43(31-40)55(6,7)8)49-33-39(26-27-57-49)37-20-22-42(23-21-37)54(3,4)5/h12-34,60H,1-11H3/i3D3,4D3,5D3. The van der Waals surface area contributed by atoms with Gasteiger partial charge in [0.05, 0.1) is 22.3 Å². The Morgan fingerprint density at radius 2 is 1.28 bits per heavy atom. The Morgan fingerprint density at radius 3 is 1.98 bits per heavy atom. The van der Waals surface area contributed by atoms with Gasteiger partial charge in [-0.05, 0) is 134 Å². The van der Waals surface area contributed by atoms with Crippen molar-refractivity contribution in [1.29, 1.82) is 0 Å². The molecule has 0 saturated heterocycles. The van der Waals surface area contributed by atoms with Crippen molar-refractivity contribution in [1.82, 2.24) is 14.5 Å². The smallest absolute Gasteiger partial charge is 0.149 e. The van der Waals surface area contributed by atoms with Gasteiger partial charge in [0.1, 0.15) is 11.6 Å². The number of hydrogen-bond donors (Lipinski definition) is 1. The lowest BCUT2D eigenvalue weighted by Gasteiger charge is -2.25. The summed E-state index contributed by atoms with van der Waals surface area (Å²) < 4.78 is 75.8. The molecule has 8 aromatic rings. The molecular formula is C56H57N3O. The monoisotopic (exact) mass is 797 g/mol. The molecule has 8 rings (SSSR count). The van der Waals surface area contributed by atoms with Crippen LogP contribution in [0, 0.1) is 13.8 Å². The van der Waals surface area contributed by atoms with E-state index < -0.39 is 26.0 Å². The summed E-state index contributed by atoms with van der Waals surface area (Å²) in [5.41, 5.74) is 10.1. The molecule has 2 heterocycles. The molecule has 0 bridgehead atoms. The van der Waals surface area contributed by atoms with Gasteiger partial charge in [-0.3, -0.25) is 9.55 Å². The quantitative estimate of drug-likeness (QED) is 0.182. The molecule has 0 amide bonds. The first-order chi connectivity index (χ1) is 32.1. The topological polar surface area (TPSA) is 50.9 Å². The van der Waals surface area contributed by atoms with E-state index in [1.807, 2.05) is 44.2 Å². The molecule has 0 spiro atoms. The van der Waals surface area contributed by atoms with Crippen LogP contribution < -0.4 is 0 Å². The van der Waals surface area contributed by atoms with Gasteiger partial charge in [0.15, 0.2) is 0 Å². The van der Waals surface area contributed by atoms with Crippen LogP contribution in [0.1, 0.15) is 102 Å². The van der Waals surface area contributed by atoms with Crippen LogP contribution in [0.4, 0.5) is 0 Å². The molecule has 0 aliphatic rings. The molecule has 60 heavy (non-hydrogen) atoms. The molecule has 0 atom stereocenters. The lowest BCUT2D eigenvalue weighted by atomic mass is 9.81. The van der Waals surface area contributed by atoms with Gasteiger partial charge in [0, 0.05) is 35.3 Å². The minimum Gasteiger partial charge on any atom is -0.507 e. The van der Waals surface area contributed by atoms with E-state index in [9.17, 15) is 5.11 Å². The zero-order valence-corrected chi connectivity index (χ0v) is 35.6. The lowest BCUT2D eigenvalue weighted by molar-refractivity contribution is 0.472. The van der Waals surface area contributed by atoms with Crippen molar-refractivity contribution in [2.45, 2.75) is 92.2 Å². The zero-order chi connectivity index (χ0) is 50.2. The number of hydrogen-bond acceptors (Lipinski definition) is 3. The number of nitrogens with zero attached hydrogens (tertiary/aromatic N) is 3. The van der Waals surface area contributed by atoms with E-state index in [1.54, 1.807) is 24.4 Å². The Kier molecular flexibility index (Phi) is 7.73. The fourth-order valence-corrected chi connectivity index (χ4v) is 8.11. The Bertz CT molecular complexity index is 3190. The fraction of sp³-hybridized carbons (Fsp3) is 0.250. The van der Waals surface area contributed by atoms with E-state index in [1.165, 1.54) is 17.7 Å². The summed E-state index contributed by atoms with van der Waals surface area (Å²) in [4.78, 5) is 10.3. The Hall–Kier alpha value is -6.26. The maximum atomic E-state index is 11.7. The molecule has 0 unspecified atom stereocenters. The van der Waals surface area contributed by atoms with Crippen molar-refractivity contribution < 1.29 is 17.4 Å². The molecule has 2 aromatic heterocycles. The van der Waals surface area contributed by atoms with Crippen LogP contribution in [0.25, 0.3) is 72.7 Å². The summed E-state index contributed by atoms with van der Waals surface area (Å²) in [5, 5.41) is 11.7. The molecule has 0 fully saturated rings. The van der Waals surface area contributed by atoms with Crippen LogP contribution in [0.3, 0.4) is 0 Å². The van der Waals surface area contributed by atoms with Crippen molar-refractivity contribution in [2.75, 3.05) is 0 Å². The van der Waals surface area contributed by atoms with Gasteiger partial charge in [0.25, 0.3) is 0 Å². The highest BCUT2D eigenvalue weighted by Gasteiger charge is 2.25. The van der Waals surface area contributed by atoms with Crippen molar-refractivity contribution in [3.8, 4) is 67.5 Å². The maximum absolute atomic E-state index is 11.7. The average Bonchev–Trinajstić information content (AvgIpc) is 3.66. The second kappa shape index (κ2) is 15.1. The summed E-state index contributed by atoms with van der Waals surface area (Å²) in [6.07, 6.45) is 1.68. The predicted octanol–water partition coefficient (Wildman–Crippen LogP) is 15.0. The molecule has 0 radical (unpaired) electrons. The number of phenols is 1. The fourth-order valence-electron chi connectivity index (χ4n) is 8.11. The molecule has 0 saturated carbocycles. The van der Waals surface area contributed by atoms with Gasteiger partial charge in [-0.2, -0.15) is 0 Å². The molecule has 4 heteroatoms. The van der Waals surface area contributed by atoms with Crippen molar-refractivity contribution in [3.05, 3.63) is 167 Å². The molecule has 1 N–H and O–H groups in total. The van der Waals surface area contributed by atoms with Crippen LogP contribution in [-0.4, -0.2) is 19.6 Å². The molecule has 6 aromatic carbocycles. The van der Waals surface area contributed by atoms with Crippen molar-refractivity contribution in [2.24, 2.45) is 0 Å². The van der Waals surface area contributed by atoms with Gasteiger partial charge in [-0.15, -0.1) is 0 Å². The zero-order valence-electron chi connectivity index (χ0n) is 44.6. The third kappa shape index (κ3) is 7.79. The summed E-state index contributed by atoms with van der Waals surface area (Å²) in [5.74, 6) is 0.773. The molecule has 0 aliphatic heterocycles.